The molecule has 1 aliphatic carbocycles. The van der Waals surface area contributed by atoms with E-state index >= 15 is 0 Å². The molecule has 0 bridgehead atoms. The number of ether oxygens (including phenoxy) is 3. The number of alkyl halides is 3. The van der Waals surface area contributed by atoms with Crippen molar-refractivity contribution in [3.8, 4) is 39.8 Å². The van der Waals surface area contributed by atoms with Crippen LogP contribution < -0.4 is 24.8 Å². The van der Waals surface area contributed by atoms with Gasteiger partial charge in [-0.1, -0.05) is 54.1 Å². The Hall–Kier alpha value is -4.85. The summed E-state index contributed by atoms with van der Waals surface area (Å²) in [5.41, 5.74) is 3.57. The fourth-order valence-electron chi connectivity index (χ4n) is 8.18. The zero-order valence-corrected chi connectivity index (χ0v) is 32.1. The van der Waals surface area contributed by atoms with Crippen LogP contribution in [-0.4, -0.2) is 65.8 Å². The summed E-state index contributed by atoms with van der Waals surface area (Å²) in [6.07, 6.45) is -2.06. The minimum atomic E-state index is -4.74. The molecule has 0 spiro atoms. The molecule has 0 saturated carbocycles. The highest BCUT2D eigenvalue weighted by molar-refractivity contribution is 6.36. The van der Waals surface area contributed by atoms with Crippen molar-refractivity contribution in [3.63, 3.8) is 0 Å². The Bertz CT molecular complexity index is 2150. The molecule has 3 aliphatic rings. The number of carboxylic acids is 1. The SMILES string of the molecule is COc1cc(O[C@H]2CCc3c(-c4cccc(-c5ccc(CNC[C@@H]6CCC(=O)N6)c(OC)n5)c4Cl)cccc32)c(C(F)(F)F)cc1CN1CCC[C@@]1(C)C(=O)O. The van der Waals surface area contributed by atoms with Gasteiger partial charge in [0.05, 0.1) is 30.5 Å². The van der Waals surface area contributed by atoms with E-state index in [0.717, 1.165) is 40.3 Å². The van der Waals surface area contributed by atoms with Gasteiger partial charge in [-0.15, -0.1) is 0 Å². The summed E-state index contributed by atoms with van der Waals surface area (Å²) < 4.78 is 61.4. The van der Waals surface area contributed by atoms with E-state index in [0.29, 0.717) is 73.9 Å². The number of likely N-dealkylation sites (tertiary alicyclic amines) is 1. The van der Waals surface area contributed by atoms with Gasteiger partial charge < -0.3 is 30.0 Å². The first-order valence-electron chi connectivity index (χ1n) is 18.7. The van der Waals surface area contributed by atoms with Crippen molar-refractivity contribution < 1.29 is 42.1 Å². The average Bonchev–Trinajstić information content (AvgIpc) is 3.90. The van der Waals surface area contributed by atoms with Crippen LogP contribution in [0, 0.1) is 0 Å². The van der Waals surface area contributed by atoms with E-state index in [9.17, 15) is 27.9 Å². The topological polar surface area (TPSA) is 122 Å². The number of fused-ring (bicyclic) bond motifs is 1. The van der Waals surface area contributed by atoms with E-state index < -0.39 is 29.4 Å². The van der Waals surface area contributed by atoms with Gasteiger partial charge >= 0.3 is 12.1 Å². The van der Waals surface area contributed by atoms with Gasteiger partial charge in [-0.2, -0.15) is 13.2 Å². The number of aromatic nitrogens is 1. The number of carbonyl (C=O) groups excluding carboxylic acids is 1. The zero-order valence-electron chi connectivity index (χ0n) is 31.4. The third-order valence-electron chi connectivity index (χ3n) is 11.3. The van der Waals surface area contributed by atoms with Crippen LogP contribution >= 0.6 is 11.6 Å². The van der Waals surface area contributed by atoms with Gasteiger partial charge in [0, 0.05) is 60.4 Å². The van der Waals surface area contributed by atoms with Crippen molar-refractivity contribution in [2.45, 2.75) is 82.4 Å². The third kappa shape index (κ3) is 7.76. The average molecular weight is 793 g/mol. The third-order valence-corrected chi connectivity index (χ3v) is 11.7. The van der Waals surface area contributed by atoms with Crippen LogP contribution in [0.3, 0.4) is 0 Å². The molecular weight excluding hydrogens is 749 g/mol. The summed E-state index contributed by atoms with van der Waals surface area (Å²) >= 11 is 7.13. The number of rotatable bonds is 13. The maximum Gasteiger partial charge on any atom is 0.419 e. The number of pyridine rings is 1. The number of benzene rings is 3. The fraction of sp³-hybridized carbons (Fsp3) is 0.405. The lowest BCUT2D eigenvalue weighted by Crippen LogP contribution is -2.47. The molecule has 3 N–H and O–H groups in total. The molecule has 1 amide bonds. The molecule has 7 rings (SSSR count). The summed E-state index contributed by atoms with van der Waals surface area (Å²) in [4.78, 5) is 30.1. The molecule has 4 aromatic rings. The lowest BCUT2D eigenvalue weighted by atomic mass is 9.94. The van der Waals surface area contributed by atoms with Gasteiger partial charge in [-0.3, -0.25) is 14.5 Å². The number of carbonyl (C=O) groups is 2. The van der Waals surface area contributed by atoms with E-state index in [-0.39, 0.29) is 35.6 Å². The van der Waals surface area contributed by atoms with Crippen LogP contribution in [0.5, 0.6) is 17.4 Å². The van der Waals surface area contributed by atoms with Crippen molar-refractivity contribution >= 4 is 23.5 Å². The van der Waals surface area contributed by atoms with Crippen LogP contribution in [0.15, 0.2) is 60.7 Å². The number of hydrogen-bond acceptors (Lipinski definition) is 8. The summed E-state index contributed by atoms with van der Waals surface area (Å²) in [7, 11) is 2.94. The Morgan fingerprint density at radius 1 is 1.02 bits per heavy atom. The highest BCUT2D eigenvalue weighted by atomic mass is 35.5. The zero-order chi connectivity index (χ0) is 39.8. The molecule has 2 aliphatic heterocycles. The van der Waals surface area contributed by atoms with Crippen LogP contribution in [0.2, 0.25) is 5.02 Å². The number of hydrogen-bond donors (Lipinski definition) is 3. The predicted octanol–water partition coefficient (Wildman–Crippen LogP) is 7.98. The second kappa shape index (κ2) is 16.0. The lowest BCUT2D eigenvalue weighted by molar-refractivity contribution is -0.149. The number of methoxy groups -OCH3 is 2. The Morgan fingerprint density at radius 3 is 2.50 bits per heavy atom. The van der Waals surface area contributed by atoms with Crippen molar-refractivity contribution in [2.75, 3.05) is 27.3 Å². The Balaban J connectivity index is 1.14. The van der Waals surface area contributed by atoms with Gasteiger partial charge in [0.15, 0.2) is 0 Å². The fourth-order valence-corrected chi connectivity index (χ4v) is 8.51. The number of nitrogens with one attached hydrogen (secondary N) is 2. The normalized spacial score (nSPS) is 20.9. The molecule has 2 saturated heterocycles. The number of aliphatic carboxylic acids is 1. The van der Waals surface area contributed by atoms with Crippen LogP contribution in [0.25, 0.3) is 22.4 Å². The van der Waals surface area contributed by atoms with Crippen molar-refractivity contribution in [1.29, 1.82) is 0 Å². The van der Waals surface area contributed by atoms with Crippen LogP contribution in [-0.2, 0) is 35.3 Å². The monoisotopic (exact) mass is 792 g/mol. The smallest absolute Gasteiger partial charge is 0.419 e. The van der Waals surface area contributed by atoms with Crippen molar-refractivity contribution in [1.82, 2.24) is 20.5 Å². The lowest BCUT2D eigenvalue weighted by Gasteiger charge is -2.32. The number of nitrogens with zero attached hydrogens (tertiary/aromatic N) is 2. The minimum absolute atomic E-state index is 0.0171. The summed E-state index contributed by atoms with van der Waals surface area (Å²) in [6, 6.07) is 17.6. The van der Waals surface area contributed by atoms with Crippen molar-refractivity contribution in [3.05, 3.63) is 93.5 Å². The van der Waals surface area contributed by atoms with E-state index in [2.05, 4.69) is 10.6 Å². The summed E-state index contributed by atoms with van der Waals surface area (Å²) in [5, 5.41) is 16.7. The summed E-state index contributed by atoms with van der Waals surface area (Å²) in [5.74, 6) is -0.659. The molecule has 14 heteroatoms. The molecule has 0 unspecified atom stereocenters. The largest absolute Gasteiger partial charge is 0.496 e. The first-order valence-corrected chi connectivity index (χ1v) is 19.1. The van der Waals surface area contributed by atoms with E-state index in [1.165, 1.54) is 13.2 Å². The predicted molar refractivity (Wildman–Crippen MR) is 205 cm³/mol. The quantitative estimate of drug-likeness (QED) is 0.124. The highest BCUT2D eigenvalue weighted by Crippen LogP contribution is 2.47. The maximum atomic E-state index is 14.7. The molecule has 3 heterocycles. The minimum Gasteiger partial charge on any atom is -0.496 e. The van der Waals surface area contributed by atoms with Gasteiger partial charge in [0.25, 0.3) is 0 Å². The van der Waals surface area contributed by atoms with E-state index in [1.54, 1.807) is 18.9 Å². The van der Waals surface area contributed by atoms with E-state index in [1.807, 2.05) is 48.5 Å². The Labute approximate surface area is 328 Å². The summed E-state index contributed by atoms with van der Waals surface area (Å²) in [6.45, 7) is 3.16. The molecule has 0 radical (unpaired) electrons. The molecule has 2 fully saturated rings. The molecule has 3 atom stereocenters. The molecule has 296 valence electrons. The number of amides is 1. The standard InChI is InChI=1S/C42H44ClF3N4O6/c1-41(40(52)53)17-6-18-50(41)23-25-19-32(42(44,45)46)36(20-35(25)54-2)56-34-15-13-28-27(7-4-8-29(28)34)30-9-5-10-31(38(30)43)33-14-11-24(39(49-33)55-3)21-47-22-26-12-16-37(51)48-26/h4-5,7-11,14,19-20,26,34,47H,6,12-13,15-18,21-23H2,1-3H3,(H,48,51)(H,52,53)/t26-,34-,41-/m0/s1. The first-order chi connectivity index (χ1) is 26.8. The number of halogens is 4. The first kappa shape index (κ1) is 39.4. The second-order valence-corrected chi connectivity index (χ2v) is 15.1. The maximum absolute atomic E-state index is 14.7. The Kier molecular flexibility index (Phi) is 11.2. The molecule has 1 aromatic heterocycles. The van der Waals surface area contributed by atoms with Crippen LogP contribution in [0.4, 0.5) is 13.2 Å². The van der Waals surface area contributed by atoms with Gasteiger partial charge in [0.2, 0.25) is 11.8 Å². The van der Waals surface area contributed by atoms with Gasteiger partial charge in [-0.25, -0.2) is 4.98 Å². The van der Waals surface area contributed by atoms with E-state index in [4.69, 9.17) is 30.8 Å². The van der Waals surface area contributed by atoms with Crippen molar-refractivity contribution in [2.24, 2.45) is 0 Å². The molecule has 3 aromatic carbocycles. The van der Waals surface area contributed by atoms with Crippen LogP contribution in [0.1, 0.15) is 72.9 Å². The molecule has 10 nitrogen and oxygen atoms in total. The highest BCUT2D eigenvalue weighted by Gasteiger charge is 2.44. The molecule has 56 heavy (non-hydrogen) atoms. The second-order valence-electron chi connectivity index (χ2n) is 14.7. The number of carboxylic acid groups (broad SMARTS) is 1. The Morgan fingerprint density at radius 2 is 1.79 bits per heavy atom. The molecular formula is C42H44ClF3N4O6. The van der Waals surface area contributed by atoms with Gasteiger partial charge in [-0.05, 0) is 74.4 Å². The van der Waals surface area contributed by atoms with Gasteiger partial charge in [0.1, 0.15) is 23.1 Å².